The van der Waals surface area contributed by atoms with Crippen molar-refractivity contribution >= 4 is 11.6 Å². The molecule has 1 atom stereocenters. The van der Waals surface area contributed by atoms with Crippen molar-refractivity contribution in [2.75, 3.05) is 13.6 Å². The number of nitrogens with one attached hydrogen (secondary N) is 1. The summed E-state index contributed by atoms with van der Waals surface area (Å²) < 4.78 is 19.2. The second kappa shape index (κ2) is 6.06. The lowest BCUT2D eigenvalue weighted by molar-refractivity contribution is 0.145. The van der Waals surface area contributed by atoms with E-state index in [2.05, 4.69) is 5.32 Å². The summed E-state index contributed by atoms with van der Waals surface area (Å²) in [6.45, 7) is 4.73. The van der Waals surface area contributed by atoms with Gasteiger partial charge in [0.05, 0.1) is 5.02 Å². The summed E-state index contributed by atoms with van der Waals surface area (Å²) in [4.78, 5) is 0. The Hall–Kier alpha value is -0.800. The third-order valence-electron chi connectivity index (χ3n) is 2.34. The van der Waals surface area contributed by atoms with Crippen molar-refractivity contribution in [1.29, 1.82) is 0 Å². The fourth-order valence-corrected chi connectivity index (χ4v) is 1.52. The van der Waals surface area contributed by atoms with E-state index in [1.807, 2.05) is 20.9 Å². The van der Waals surface area contributed by atoms with Gasteiger partial charge in [-0.25, -0.2) is 4.39 Å². The van der Waals surface area contributed by atoms with Crippen LogP contribution in [0.25, 0.3) is 0 Å². The van der Waals surface area contributed by atoms with Gasteiger partial charge in [0.15, 0.2) is 11.6 Å². The van der Waals surface area contributed by atoms with Crippen molar-refractivity contribution in [3.05, 3.63) is 29.0 Å². The molecule has 4 heteroatoms. The predicted molar refractivity (Wildman–Crippen MR) is 64.6 cm³/mol. The summed E-state index contributed by atoms with van der Waals surface area (Å²) >= 11 is 5.68. The molecule has 0 radical (unpaired) electrons. The molecule has 0 bridgehead atoms. The molecule has 90 valence electrons. The quantitative estimate of drug-likeness (QED) is 0.861. The van der Waals surface area contributed by atoms with Crippen LogP contribution < -0.4 is 10.1 Å². The van der Waals surface area contributed by atoms with E-state index in [1.54, 1.807) is 12.1 Å². The van der Waals surface area contributed by atoms with E-state index in [0.29, 0.717) is 12.5 Å². The molecule has 1 rings (SSSR count). The Morgan fingerprint density at radius 3 is 2.69 bits per heavy atom. The number of rotatable bonds is 5. The molecule has 2 nitrogen and oxygen atoms in total. The normalized spacial score (nSPS) is 12.9. The van der Waals surface area contributed by atoms with Crippen molar-refractivity contribution in [2.24, 2.45) is 5.92 Å². The topological polar surface area (TPSA) is 21.3 Å². The third kappa shape index (κ3) is 3.35. The molecular formula is C12H17ClFNO. The summed E-state index contributed by atoms with van der Waals surface area (Å²) in [6, 6.07) is 4.77. The molecule has 0 fully saturated rings. The van der Waals surface area contributed by atoms with Gasteiger partial charge in [-0.15, -0.1) is 0 Å². The lowest BCUT2D eigenvalue weighted by Gasteiger charge is -2.22. The Labute approximate surface area is 101 Å². The maximum Gasteiger partial charge on any atom is 0.183 e. The van der Waals surface area contributed by atoms with Gasteiger partial charge < -0.3 is 10.1 Å². The van der Waals surface area contributed by atoms with Gasteiger partial charge in [-0.2, -0.15) is 0 Å². The number of hydrogen-bond acceptors (Lipinski definition) is 2. The van der Waals surface area contributed by atoms with E-state index in [1.165, 1.54) is 6.07 Å². The van der Waals surface area contributed by atoms with Gasteiger partial charge in [-0.1, -0.05) is 31.5 Å². The van der Waals surface area contributed by atoms with Crippen LogP contribution in [0.15, 0.2) is 18.2 Å². The highest BCUT2D eigenvalue weighted by atomic mass is 35.5. The van der Waals surface area contributed by atoms with Crippen LogP contribution in [0.5, 0.6) is 5.75 Å². The fraction of sp³-hybridized carbons (Fsp3) is 0.500. The van der Waals surface area contributed by atoms with E-state index < -0.39 is 5.82 Å². The molecule has 0 aliphatic heterocycles. The van der Waals surface area contributed by atoms with Gasteiger partial charge in [0, 0.05) is 6.54 Å². The molecule has 16 heavy (non-hydrogen) atoms. The summed E-state index contributed by atoms with van der Waals surface area (Å²) in [6.07, 6.45) is -0.0713. The summed E-state index contributed by atoms with van der Waals surface area (Å²) in [7, 11) is 1.84. The van der Waals surface area contributed by atoms with E-state index >= 15 is 0 Å². The lowest BCUT2D eigenvalue weighted by atomic mass is 10.1. The monoisotopic (exact) mass is 245 g/mol. The van der Waals surface area contributed by atoms with Crippen molar-refractivity contribution in [1.82, 2.24) is 5.32 Å². The van der Waals surface area contributed by atoms with Crippen molar-refractivity contribution in [3.63, 3.8) is 0 Å². The minimum atomic E-state index is -0.495. The Kier molecular flexibility index (Phi) is 5.03. The first-order valence-electron chi connectivity index (χ1n) is 5.31. The average molecular weight is 246 g/mol. The molecule has 1 N–H and O–H groups in total. The van der Waals surface area contributed by atoms with Crippen LogP contribution in [0.4, 0.5) is 4.39 Å². The Morgan fingerprint density at radius 2 is 2.12 bits per heavy atom. The Bertz CT molecular complexity index is 344. The van der Waals surface area contributed by atoms with Gasteiger partial charge in [0.25, 0.3) is 0 Å². The van der Waals surface area contributed by atoms with Crippen molar-refractivity contribution < 1.29 is 9.13 Å². The maximum absolute atomic E-state index is 13.6. The van der Waals surface area contributed by atoms with Crippen LogP contribution in [0.3, 0.4) is 0 Å². The minimum absolute atomic E-state index is 0.0713. The number of likely N-dealkylation sites (N-methyl/N-ethyl adjacent to an activating group) is 1. The molecule has 1 aromatic carbocycles. The molecular weight excluding hydrogens is 229 g/mol. The number of hydrogen-bond donors (Lipinski definition) is 1. The van der Waals surface area contributed by atoms with Crippen LogP contribution in [-0.2, 0) is 0 Å². The number of halogens is 2. The highest BCUT2D eigenvalue weighted by Gasteiger charge is 2.17. The molecule has 0 spiro atoms. The fourth-order valence-electron chi connectivity index (χ4n) is 1.35. The molecule has 1 unspecified atom stereocenters. The highest BCUT2D eigenvalue weighted by Crippen LogP contribution is 2.25. The molecule has 0 aromatic heterocycles. The zero-order valence-corrected chi connectivity index (χ0v) is 10.5. The summed E-state index contributed by atoms with van der Waals surface area (Å²) in [5.41, 5.74) is 0. The second-order valence-corrected chi connectivity index (χ2v) is 4.42. The average Bonchev–Trinajstić information content (AvgIpc) is 2.23. The van der Waals surface area contributed by atoms with E-state index in [0.717, 1.165) is 0 Å². The first kappa shape index (κ1) is 13.3. The maximum atomic E-state index is 13.6. The van der Waals surface area contributed by atoms with Crippen LogP contribution in [0, 0.1) is 11.7 Å². The Morgan fingerprint density at radius 1 is 1.44 bits per heavy atom. The minimum Gasteiger partial charge on any atom is -0.486 e. The summed E-state index contributed by atoms with van der Waals surface area (Å²) in [5.74, 6) is 0.0122. The molecule has 0 aliphatic rings. The van der Waals surface area contributed by atoms with Gasteiger partial charge in [-0.3, -0.25) is 0 Å². The zero-order valence-electron chi connectivity index (χ0n) is 9.76. The van der Waals surface area contributed by atoms with Gasteiger partial charge in [-0.05, 0) is 25.1 Å². The predicted octanol–water partition coefficient (Wildman–Crippen LogP) is 3.10. The van der Waals surface area contributed by atoms with Gasteiger partial charge in [0.2, 0.25) is 0 Å². The highest BCUT2D eigenvalue weighted by molar-refractivity contribution is 6.30. The van der Waals surface area contributed by atoms with E-state index in [-0.39, 0.29) is 16.9 Å². The molecule has 1 aromatic rings. The van der Waals surface area contributed by atoms with Gasteiger partial charge in [0.1, 0.15) is 6.10 Å². The largest absolute Gasteiger partial charge is 0.486 e. The van der Waals surface area contributed by atoms with Crippen LogP contribution >= 0.6 is 11.6 Å². The zero-order chi connectivity index (χ0) is 12.1. The molecule has 0 aliphatic carbocycles. The smallest absolute Gasteiger partial charge is 0.183 e. The molecule has 0 saturated heterocycles. The first-order chi connectivity index (χ1) is 7.56. The standard InChI is InChI=1S/C12H17ClFNO/c1-8(2)11(7-15-3)16-10-6-4-5-9(13)12(10)14/h4-6,8,11,15H,7H2,1-3H3. The Balaban J connectivity index is 2.81. The van der Waals surface area contributed by atoms with Crippen LogP contribution in [-0.4, -0.2) is 19.7 Å². The SMILES string of the molecule is CNCC(Oc1cccc(Cl)c1F)C(C)C. The van der Waals surface area contributed by atoms with Crippen molar-refractivity contribution in [3.8, 4) is 5.75 Å². The molecule has 0 saturated carbocycles. The van der Waals surface area contributed by atoms with Crippen LogP contribution in [0.1, 0.15) is 13.8 Å². The first-order valence-corrected chi connectivity index (χ1v) is 5.69. The van der Waals surface area contributed by atoms with Crippen molar-refractivity contribution in [2.45, 2.75) is 20.0 Å². The second-order valence-electron chi connectivity index (χ2n) is 4.01. The molecule has 0 amide bonds. The molecule has 0 heterocycles. The summed E-state index contributed by atoms with van der Waals surface area (Å²) in [5, 5.41) is 3.11. The number of benzene rings is 1. The van der Waals surface area contributed by atoms with Gasteiger partial charge >= 0.3 is 0 Å². The third-order valence-corrected chi connectivity index (χ3v) is 2.64. The lowest BCUT2D eigenvalue weighted by Crippen LogP contribution is -2.33. The number of ether oxygens (including phenoxy) is 1. The van der Waals surface area contributed by atoms with E-state index in [9.17, 15) is 4.39 Å². The van der Waals surface area contributed by atoms with E-state index in [4.69, 9.17) is 16.3 Å². The van der Waals surface area contributed by atoms with Crippen LogP contribution in [0.2, 0.25) is 5.02 Å².